The molecule has 1 aromatic carbocycles. The van der Waals surface area contributed by atoms with Gasteiger partial charge in [-0.15, -0.1) is 0 Å². The van der Waals surface area contributed by atoms with Crippen LogP contribution in [0.4, 0.5) is 11.4 Å². The van der Waals surface area contributed by atoms with Crippen LogP contribution in [-0.2, 0) is 19.4 Å². The Morgan fingerprint density at radius 2 is 1.95 bits per heavy atom. The zero-order valence-electron chi connectivity index (χ0n) is 12.3. The van der Waals surface area contributed by atoms with Crippen molar-refractivity contribution in [2.24, 2.45) is 5.92 Å². The van der Waals surface area contributed by atoms with Crippen LogP contribution in [-0.4, -0.2) is 52.1 Å². The molecule has 2 saturated heterocycles. The summed E-state index contributed by atoms with van der Waals surface area (Å²) in [5.41, 5.74) is 1.69. The average molecular weight is 324 g/mol. The van der Waals surface area contributed by atoms with Crippen LogP contribution in [0.1, 0.15) is 6.42 Å². The Balaban J connectivity index is 1.73. The van der Waals surface area contributed by atoms with E-state index in [4.69, 9.17) is 4.74 Å². The Hall–Kier alpha value is -1.60. The minimum Gasteiger partial charge on any atom is -0.378 e. The molecule has 6 nitrogen and oxygen atoms in total. The van der Waals surface area contributed by atoms with E-state index in [9.17, 15) is 13.2 Å². The zero-order chi connectivity index (χ0) is 15.6. The summed E-state index contributed by atoms with van der Waals surface area (Å²) in [5, 5.41) is 2.90. The van der Waals surface area contributed by atoms with Gasteiger partial charge in [-0.2, -0.15) is 0 Å². The fourth-order valence-electron chi connectivity index (χ4n) is 2.90. The van der Waals surface area contributed by atoms with Crippen molar-refractivity contribution in [3.8, 4) is 0 Å². The van der Waals surface area contributed by atoms with Crippen molar-refractivity contribution in [2.45, 2.75) is 6.42 Å². The monoisotopic (exact) mass is 324 g/mol. The third kappa shape index (κ3) is 3.41. The van der Waals surface area contributed by atoms with Crippen LogP contribution in [0.2, 0.25) is 0 Å². The Bertz CT molecular complexity index is 653. The molecule has 2 heterocycles. The number of hydrogen-bond donors (Lipinski definition) is 1. The van der Waals surface area contributed by atoms with E-state index in [0.29, 0.717) is 19.6 Å². The van der Waals surface area contributed by atoms with Gasteiger partial charge < -0.3 is 15.0 Å². The maximum Gasteiger partial charge on any atom is 0.228 e. The van der Waals surface area contributed by atoms with Crippen LogP contribution in [0.15, 0.2) is 24.3 Å². The number of anilines is 2. The summed E-state index contributed by atoms with van der Waals surface area (Å²) in [6.07, 6.45) is 0.411. The molecule has 0 aromatic heterocycles. The van der Waals surface area contributed by atoms with E-state index in [1.54, 1.807) is 0 Å². The average Bonchev–Trinajstić information content (AvgIpc) is 2.89. The van der Waals surface area contributed by atoms with Crippen LogP contribution in [0.25, 0.3) is 0 Å². The molecule has 2 aliphatic heterocycles. The molecule has 7 heteroatoms. The number of para-hydroxylation sites is 2. The smallest absolute Gasteiger partial charge is 0.228 e. The quantitative estimate of drug-likeness (QED) is 0.894. The van der Waals surface area contributed by atoms with Crippen molar-refractivity contribution < 1.29 is 17.9 Å². The number of nitrogens with one attached hydrogen (secondary N) is 1. The summed E-state index contributed by atoms with van der Waals surface area (Å²) in [4.78, 5) is 14.5. The molecule has 120 valence electrons. The van der Waals surface area contributed by atoms with Crippen LogP contribution >= 0.6 is 0 Å². The molecule has 1 unspecified atom stereocenters. The van der Waals surface area contributed by atoms with Gasteiger partial charge in [-0.05, 0) is 18.6 Å². The molecule has 2 fully saturated rings. The lowest BCUT2D eigenvalue weighted by atomic mass is 10.1. The summed E-state index contributed by atoms with van der Waals surface area (Å²) >= 11 is 0. The largest absolute Gasteiger partial charge is 0.378 e. The Morgan fingerprint density at radius 3 is 2.64 bits per heavy atom. The van der Waals surface area contributed by atoms with Crippen LogP contribution in [0.5, 0.6) is 0 Å². The molecular formula is C15H20N2O4S. The molecule has 3 rings (SSSR count). The molecule has 1 aromatic rings. The summed E-state index contributed by atoms with van der Waals surface area (Å²) < 4.78 is 28.4. The highest BCUT2D eigenvalue weighted by Crippen LogP contribution is 2.28. The van der Waals surface area contributed by atoms with Crippen molar-refractivity contribution in [2.75, 3.05) is 48.0 Å². The highest BCUT2D eigenvalue weighted by atomic mass is 32.2. The first-order valence-electron chi connectivity index (χ1n) is 7.48. The highest BCUT2D eigenvalue weighted by molar-refractivity contribution is 7.91. The SMILES string of the molecule is O=C(Nc1ccccc1N1CCOCC1)C1CCS(=O)(=O)C1. The molecule has 22 heavy (non-hydrogen) atoms. The second-order valence-electron chi connectivity index (χ2n) is 5.71. The summed E-state index contributed by atoms with van der Waals surface area (Å²) in [6, 6.07) is 7.61. The van der Waals surface area contributed by atoms with E-state index < -0.39 is 15.8 Å². The number of hydrogen-bond acceptors (Lipinski definition) is 5. The van der Waals surface area contributed by atoms with Crippen LogP contribution < -0.4 is 10.2 Å². The maximum absolute atomic E-state index is 12.3. The van der Waals surface area contributed by atoms with Crippen molar-refractivity contribution in [1.29, 1.82) is 0 Å². The van der Waals surface area contributed by atoms with Crippen molar-refractivity contribution >= 4 is 27.1 Å². The van der Waals surface area contributed by atoms with Gasteiger partial charge in [0.05, 0.1) is 42.0 Å². The number of rotatable bonds is 3. The molecule has 0 bridgehead atoms. The van der Waals surface area contributed by atoms with Gasteiger partial charge in [0, 0.05) is 13.1 Å². The highest BCUT2D eigenvalue weighted by Gasteiger charge is 2.33. The number of carbonyl (C=O) groups excluding carboxylic acids is 1. The van der Waals surface area contributed by atoms with E-state index >= 15 is 0 Å². The third-order valence-electron chi connectivity index (χ3n) is 4.12. The number of ether oxygens (including phenoxy) is 1. The van der Waals surface area contributed by atoms with E-state index in [0.717, 1.165) is 24.5 Å². The van der Waals surface area contributed by atoms with Gasteiger partial charge in [-0.1, -0.05) is 12.1 Å². The second kappa shape index (κ2) is 6.26. The first-order chi connectivity index (χ1) is 10.6. The maximum atomic E-state index is 12.3. The molecule has 1 atom stereocenters. The standard InChI is InChI=1S/C15H20N2O4S/c18-15(12-5-10-22(19,20)11-12)16-13-3-1-2-4-14(13)17-6-8-21-9-7-17/h1-4,12H,5-11H2,(H,16,18). The van der Waals surface area contributed by atoms with Gasteiger partial charge in [-0.3, -0.25) is 4.79 Å². The number of morpholine rings is 1. The number of amides is 1. The molecule has 2 aliphatic rings. The van der Waals surface area contributed by atoms with Crippen molar-refractivity contribution in [3.05, 3.63) is 24.3 Å². The Kier molecular flexibility index (Phi) is 4.35. The number of sulfone groups is 1. The summed E-state index contributed by atoms with van der Waals surface area (Å²) in [6.45, 7) is 2.90. The predicted octanol–water partition coefficient (Wildman–Crippen LogP) is 0.896. The normalized spacial score (nSPS) is 24.2. The molecule has 1 amide bonds. The number of carbonyl (C=O) groups is 1. The van der Waals surface area contributed by atoms with Crippen LogP contribution in [0, 0.1) is 5.92 Å². The minimum absolute atomic E-state index is 0.0431. The van der Waals surface area contributed by atoms with Crippen LogP contribution in [0.3, 0.4) is 0 Å². The lowest BCUT2D eigenvalue weighted by Gasteiger charge is -2.30. The number of benzene rings is 1. The van der Waals surface area contributed by atoms with Gasteiger partial charge >= 0.3 is 0 Å². The van der Waals surface area contributed by atoms with E-state index in [1.165, 1.54) is 0 Å². The number of nitrogens with zero attached hydrogens (tertiary/aromatic N) is 1. The molecule has 0 saturated carbocycles. The lowest BCUT2D eigenvalue weighted by molar-refractivity contribution is -0.119. The Morgan fingerprint density at radius 1 is 1.23 bits per heavy atom. The van der Waals surface area contributed by atoms with Gasteiger partial charge in [0.1, 0.15) is 0 Å². The van der Waals surface area contributed by atoms with Crippen molar-refractivity contribution in [1.82, 2.24) is 0 Å². The third-order valence-corrected chi connectivity index (χ3v) is 5.88. The molecular weight excluding hydrogens is 304 g/mol. The lowest BCUT2D eigenvalue weighted by Crippen LogP contribution is -2.37. The summed E-state index contributed by atoms with van der Waals surface area (Å²) in [5.74, 6) is -0.584. The molecule has 1 N–H and O–H groups in total. The van der Waals surface area contributed by atoms with Gasteiger partial charge in [0.2, 0.25) is 5.91 Å². The van der Waals surface area contributed by atoms with E-state index in [-0.39, 0.29) is 17.4 Å². The second-order valence-corrected chi connectivity index (χ2v) is 7.93. The topological polar surface area (TPSA) is 75.7 Å². The van der Waals surface area contributed by atoms with Crippen molar-refractivity contribution in [3.63, 3.8) is 0 Å². The molecule has 0 aliphatic carbocycles. The van der Waals surface area contributed by atoms with Gasteiger partial charge in [0.15, 0.2) is 9.84 Å². The molecule has 0 spiro atoms. The zero-order valence-corrected chi connectivity index (χ0v) is 13.1. The summed E-state index contributed by atoms with van der Waals surface area (Å²) in [7, 11) is -3.05. The van der Waals surface area contributed by atoms with Gasteiger partial charge in [-0.25, -0.2) is 8.42 Å². The fourth-order valence-corrected chi connectivity index (χ4v) is 4.64. The van der Waals surface area contributed by atoms with Gasteiger partial charge in [0.25, 0.3) is 0 Å². The first-order valence-corrected chi connectivity index (χ1v) is 9.30. The minimum atomic E-state index is -3.05. The fraction of sp³-hybridized carbons (Fsp3) is 0.533. The van der Waals surface area contributed by atoms with E-state index in [2.05, 4.69) is 10.2 Å². The Labute approximate surface area is 130 Å². The molecule has 0 radical (unpaired) electrons. The first kappa shape index (κ1) is 15.3. The predicted molar refractivity (Wildman–Crippen MR) is 84.9 cm³/mol. The van der Waals surface area contributed by atoms with E-state index in [1.807, 2.05) is 24.3 Å².